The zero-order chi connectivity index (χ0) is 14.8. The first-order chi connectivity index (χ1) is 10.1. The molecule has 1 saturated carbocycles. The summed E-state index contributed by atoms with van der Waals surface area (Å²) in [4.78, 5) is 14.6. The van der Waals surface area contributed by atoms with E-state index < -0.39 is 0 Å². The van der Waals surface area contributed by atoms with Crippen LogP contribution in [0.2, 0.25) is 0 Å². The summed E-state index contributed by atoms with van der Waals surface area (Å²) in [6.45, 7) is 0.546. The highest BCUT2D eigenvalue weighted by Gasteiger charge is 2.33. The summed E-state index contributed by atoms with van der Waals surface area (Å²) in [5.41, 5.74) is 1.68. The summed E-state index contributed by atoms with van der Waals surface area (Å²) in [6.07, 6.45) is 2.13. The maximum atomic E-state index is 12.7. The molecule has 3 rings (SSSR count). The summed E-state index contributed by atoms with van der Waals surface area (Å²) in [5, 5.41) is 9.56. The smallest absolute Gasteiger partial charge is 0.254 e. The number of rotatable bonds is 4. The minimum atomic E-state index is 0.0669. The Morgan fingerprint density at radius 2 is 1.90 bits per heavy atom. The standard InChI is InChI=1S/C17H16INO2/c18-14-6-4-13(5-7-14)17(21)19(15-8-9-15)11-12-2-1-3-16(20)10-12/h1-7,10,15,20H,8-9,11H2. The number of aromatic hydroxyl groups is 1. The number of hydrogen-bond donors (Lipinski definition) is 1. The summed E-state index contributed by atoms with van der Waals surface area (Å²) >= 11 is 2.23. The van der Waals surface area contributed by atoms with Crippen molar-refractivity contribution in [2.45, 2.75) is 25.4 Å². The molecule has 21 heavy (non-hydrogen) atoms. The number of carbonyl (C=O) groups excluding carboxylic acids is 1. The fourth-order valence-corrected chi connectivity index (χ4v) is 2.72. The first-order valence-electron chi connectivity index (χ1n) is 6.98. The van der Waals surface area contributed by atoms with Gasteiger partial charge >= 0.3 is 0 Å². The molecule has 1 aliphatic carbocycles. The number of nitrogens with zero attached hydrogens (tertiary/aromatic N) is 1. The second-order valence-corrected chi connectivity index (χ2v) is 6.59. The molecular formula is C17H16INO2. The van der Waals surface area contributed by atoms with E-state index >= 15 is 0 Å². The van der Waals surface area contributed by atoms with Gasteiger partial charge < -0.3 is 10.0 Å². The monoisotopic (exact) mass is 393 g/mol. The van der Waals surface area contributed by atoms with E-state index in [9.17, 15) is 9.90 Å². The molecular weight excluding hydrogens is 377 g/mol. The van der Waals surface area contributed by atoms with Crippen LogP contribution in [0.5, 0.6) is 5.75 Å². The van der Waals surface area contributed by atoms with Gasteiger partial charge in [0.15, 0.2) is 0 Å². The van der Waals surface area contributed by atoms with Crippen LogP contribution in [0, 0.1) is 3.57 Å². The topological polar surface area (TPSA) is 40.5 Å². The summed E-state index contributed by atoms with van der Waals surface area (Å²) in [5.74, 6) is 0.308. The maximum absolute atomic E-state index is 12.7. The van der Waals surface area contributed by atoms with Crippen LogP contribution in [0.3, 0.4) is 0 Å². The van der Waals surface area contributed by atoms with Crippen molar-refractivity contribution < 1.29 is 9.90 Å². The number of carbonyl (C=O) groups is 1. The van der Waals surface area contributed by atoms with Crippen LogP contribution < -0.4 is 0 Å². The average Bonchev–Trinajstić information content (AvgIpc) is 3.29. The molecule has 2 aromatic carbocycles. The van der Waals surface area contributed by atoms with E-state index in [0.29, 0.717) is 12.6 Å². The van der Waals surface area contributed by atoms with Crippen molar-refractivity contribution in [3.63, 3.8) is 0 Å². The molecule has 0 aliphatic heterocycles. The minimum Gasteiger partial charge on any atom is -0.508 e. The van der Waals surface area contributed by atoms with Gasteiger partial charge in [0.1, 0.15) is 5.75 Å². The first kappa shape index (κ1) is 14.4. The second kappa shape index (κ2) is 6.05. The third-order valence-corrected chi connectivity index (χ3v) is 4.32. The van der Waals surface area contributed by atoms with E-state index in [1.807, 2.05) is 41.3 Å². The van der Waals surface area contributed by atoms with Crippen LogP contribution in [0.25, 0.3) is 0 Å². The van der Waals surface area contributed by atoms with Crippen LogP contribution in [0.15, 0.2) is 48.5 Å². The third kappa shape index (κ3) is 3.56. The van der Waals surface area contributed by atoms with Crippen molar-refractivity contribution in [3.8, 4) is 5.75 Å². The van der Waals surface area contributed by atoms with Crippen LogP contribution in [0.4, 0.5) is 0 Å². The third-order valence-electron chi connectivity index (χ3n) is 3.60. The lowest BCUT2D eigenvalue weighted by Gasteiger charge is -2.23. The highest BCUT2D eigenvalue weighted by molar-refractivity contribution is 14.1. The largest absolute Gasteiger partial charge is 0.508 e. The van der Waals surface area contributed by atoms with Gasteiger partial charge in [0.2, 0.25) is 0 Å². The van der Waals surface area contributed by atoms with Gasteiger partial charge in [-0.2, -0.15) is 0 Å². The molecule has 0 spiro atoms. The summed E-state index contributed by atoms with van der Waals surface area (Å²) in [7, 11) is 0. The molecule has 0 atom stereocenters. The van der Waals surface area contributed by atoms with Crippen LogP contribution in [-0.2, 0) is 6.54 Å². The molecule has 0 saturated heterocycles. The van der Waals surface area contributed by atoms with Crippen LogP contribution in [0.1, 0.15) is 28.8 Å². The lowest BCUT2D eigenvalue weighted by molar-refractivity contribution is 0.0729. The summed E-state index contributed by atoms with van der Waals surface area (Å²) < 4.78 is 1.12. The van der Waals surface area contributed by atoms with Gasteiger partial charge in [0, 0.05) is 21.7 Å². The Hall–Kier alpha value is -1.56. The van der Waals surface area contributed by atoms with Gasteiger partial charge in [-0.05, 0) is 77.4 Å². The minimum absolute atomic E-state index is 0.0669. The van der Waals surface area contributed by atoms with Crippen LogP contribution in [-0.4, -0.2) is 22.0 Å². The lowest BCUT2D eigenvalue weighted by atomic mass is 10.1. The molecule has 4 heteroatoms. The molecule has 1 N–H and O–H groups in total. The van der Waals surface area contributed by atoms with Crippen LogP contribution >= 0.6 is 22.6 Å². The van der Waals surface area contributed by atoms with Crippen molar-refractivity contribution in [3.05, 3.63) is 63.2 Å². The zero-order valence-electron chi connectivity index (χ0n) is 11.5. The highest BCUT2D eigenvalue weighted by Crippen LogP contribution is 2.30. The van der Waals surface area contributed by atoms with Crippen molar-refractivity contribution in [1.29, 1.82) is 0 Å². The van der Waals surface area contributed by atoms with Crippen molar-refractivity contribution in [1.82, 2.24) is 4.90 Å². The van der Waals surface area contributed by atoms with Gasteiger partial charge in [0.05, 0.1) is 0 Å². The van der Waals surface area contributed by atoms with E-state index in [4.69, 9.17) is 0 Å². The van der Waals surface area contributed by atoms with Gasteiger partial charge in [-0.15, -0.1) is 0 Å². The Morgan fingerprint density at radius 1 is 1.19 bits per heavy atom. The molecule has 1 amide bonds. The average molecular weight is 393 g/mol. The number of halogens is 1. The SMILES string of the molecule is O=C(c1ccc(I)cc1)N(Cc1cccc(O)c1)C1CC1. The Balaban J connectivity index is 1.81. The number of phenolic OH excluding ortho intramolecular Hbond substituents is 1. The van der Waals surface area contributed by atoms with Crippen molar-refractivity contribution in [2.75, 3.05) is 0 Å². The molecule has 0 bridgehead atoms. The molecule has 1 aliphatic rings. The second-order valence-electron chi connectivity index (χ2n) is 5.34. The fraction of sp³-hybridized carbons (Fsp3) is 0.235. The van der Waals surface area contributed by atoms with Gasteiger partial charge in [0.25, 0.3) is 5.91 Å². The normalized spacial score (nSPS) is 14.0. The Bertz CT molecular complexity index is 650. The van der Waals surface area contributed by atoms with Crippen molar-refractivity contribution in [2.24, 2.45) is 0 Å². The lowest BCUT2D eigenvalue weighted by Crippen LogP contribution is -2.32. The predicted molar refractivity (Wildman–Crippen MR) is 90.2 cm³/mol. The first-order valence-corrected chi connectivity index (χ1v) is 8.06. The summed E-state index contributed by atoms with van der Waals surface area (Å²) in [6, 6.07) is 15.1. The van der Waals surface area contributed by atoms with Gasteiger partial charge in [-0.1, -0.05) is 12.1 Å². The van der Waals surface area contributed by atoms with Gasteiger partial charge in [-0.25, -0.2) is 0 Å². The predicted octanol–water partition coefficient (Wildman–Crippen LogP) is 3.80. The van der Waals surface area contributed by atoms with E-state index in [1.54, 1.807) is 12.1 Å². The highest BCUT2D eigenvalue weighted by atomic mass is 127. The molecule has 0 aromatic heterocycles. The Kier molecular flexibility index (Phi) is 4.14. The zero-order valence-corrected chi connectivity index (χ0v) is 13.7. The molecule has 0 radical (unpaired) electrons. The quantitative estimate of drug-likeness (QED) is 0.803. The molecule has 0 heterocycles. The maximum Gasteiger partial charge on any atom is 0.254 e. The molecule has 1 fully saturated rings. The van der Waals surface area contributed by atoms with Gasteiger partial charge in [-0.3, -0.25) is 4.79 Å². The number of amides is 1. The number of hydrogen-bond acceptors (Lipinski definition) is 2. The van der Waals surface area contributed by atoms with Crippen molar-refractivity contribution >= 4 is 28.5 Å². The van der Waals surface area contributed by atoms with E-state index in [-0.39, 0.29) is 11.7 Å². The van der Waals surface area contributed by atoms with E-state index in [0.717, 1.165) is 27.5 Å². The fourth-order valence-electron chi connectivity index (χ4n) is 2.36. The number of benzene rings is 2. The molecule has 2 aromatic rings. The molecule has 3 nitrogen and oxygen atoms in total. The molecule has 0 unspecified atom stereocenters. The molecule has 108 valence electrons. The van der Waals surface area contributed by atoms with E-state index in [2.05, 4.69) is 22.6 Å². The number of phenols is 1. The van der Waals surface area contributed by atoms with E-state index in [1.165, 1.54) is 0 Å². The Labute approximate surface area is 137 Å². The Morgan fingerprint density at radius 3 is 2.52 bits per heavy atom.